The van der Waals surface area contributed by atoms with E-state index in [4.69, 9.17) is 10.7 Å². The van der Waals surface area contributed by atoms with Gasteiger partial charge in [0, 0.05) is 32.2 Å². The number of aromatic nitrogens is 4. The Morgan fingerprint density at radius 2 is 1.94 bits per heavy atom. The van der Waals surface area contributed by atoms with Crippen molar-refractivity contribution in [3.8, 4) is 22.8 Å². The van der Waals surface area contributed by atoms with Crippen molar-refractivity contribution in [1.29, 1.82) is 0 Å². The summed E-state index contributed by atoms with van der Waals surface area (Å²) in [5, 5.41) is 3.14. The molecule has 1 saturated heterocycles. The Hall–Kier alpha value is -3.02. The molecule has 3 heterocycles. The second kappa shape index (κ2) is 9.46. The normalized spacial score (nSPS) is 17.4. The molecule has 0 spiro atoms. The molecule has 4 rings (SSSR count). The van der Waals surface area contributed by atoms with Gasteiger partial charge >= 0.3 is 0 Å². The van der Waals surface area contributed by atoms with Gasteiger partial charge in [0.25, 0.3) is 0 Å². The van der Waals surface area contributed by atoms with Crippen molar-refractivity contribution in [3.05, 3.63) is 42.2 Å². The van der Waals surface area contributed by atoms with Crippen LogP contribution in [0.2, 0.25) is 0 Å². The molecule has 1 fully saturated rings. The maximum atomic E-state index is 12.3. The number of hydrogen-bond donors (Lipinski definition) is 3. The first-order chi connectivity index (χ1) is 15.8. The summed E-state index contributed by atoms with van der Waals surface area (Å²) < 4.78 is 26.2. The summed E-state index contributed by atoms with van der Waals surface area (Å²) in [6.45, 7) is 5.85. The van der Waals surface area contributed by atoms with Crippen LogP contribution in [-0.4, -0.2) is 71.1 Å². The Morgan fingerprint density at radius 3 is 2.61 bits per heavy atom. The maximum Gasteiger partial charge on any atom is 0.214 e. The van der Waals surface area contributed by atoms with Crippen LogP contribution in [0.1, 0.15) is 19.4 Å². The van der Waals surface area contributed by atoms with Crippen LogP contribution in [0, 0.1) is 0 Å². The number of rotatable bonds is 7. The molecule has 0 amide bonds. The third-order valence-corrected chi connectivity index (χ3v) is 7.83. The topological polar surface area (TPSA) is 133 Å². The van der Waals surface area contributed by atoms with Crippen molar-refractivity contribution in [2.45, 2.75) is 26.4 Å². The fourth-order valence-corrected chi connectivity index (χ4v) is 5.34. The van der Waals surface area contributed by atoms with Crippen LogP contribution in [0.4, 0.5) is 11.6 Å². The molecule has 1 aliphatic rings. The lowest BCUT2D eigenvalue weighted by Crippen LogP contribution is -2.54. The molecule has 1 aromatic carbocycles. The zero-order valence-corrected chi connectivity index (χ0v) is 19.9. The lowest BCUT2D eigenvalue weighted by atomic mass is 10.1. The summed E-state index contributed by atoms with van der Waals surface area (Å²) >= 11 is 0. The molecular weight excluding hydrogens is 440 g/mol. The number of nitrogen functional groups attached to an aromatic ring is 1. The number of nitrogens with one attached hydrogen (secondary N) is 2. The van der Waals surface area contributed by atoms with Crippen molar-refractivity contribution in [2.24, 2.45) is 0 Å². The smallest absolute Gasteiger partial charge is 0.214 e. The lowest BCUT2D eigenvalue weighted by molar-refractivity contribution is 0.306. The molecule has 0 unspecified atom stereocenters. The number of anilines is 2. The van der Waals surface area contributed by atoms with Crippen LogP contribution in [0.25, 0.3) is 22.8 Å². The highest BCUT2D eigenvalue weighted by Gasteiger charge is 2.32. The van der Waals surface area contributed by atoms with E-state index in [2.05, 4.69) is 32.4 Å². The van der Waals surface area contributed by atoms with Crippen molar-refractivity contribution < 1.29 is 8.42 Å². The van der Waals surface area contributed by atoms with Gasteiger partial charge in [-0.2, -0.15) is 4.31 Å². The Morgan fingerprint density at radius 1 is 1.18 bits per heavy atom. The lowest BCUT2D eigenvalue weighted by Gasteiger charge is -2.39. The highest BCUT2D eigenvalue weighted by atomic mass is 32.2. The molecule has 1 aliphatic heterocycles. The van der Waals surface area contributed by atoms with E-state index in [9.17, 15) is 8.42 Å². The number of nitrogens with two attached hydrogens (primary N) is 1. The van der Waals surface area contributed by atoms with Crippen LogP contribution in [-0.2, 0) is 16.6 Å². The van der Waals surface area contributed by atoms with E-state index in [0.29, 0.717) is 37.0 Å². The summed E-state index contributed by atoms with van der Waals surface area (Å²) in [5.41, 5.74) is 9.68. The van der Waals surface area contributed by atoms with E-state index in [-0.39, 0.29) is 17.6 Å². The summed E-state index contributed by atoms with van der Waals surface area (Å²) in [7, 11) is -1.31. The predicted octanol–water partition coefficient (Wildman–Crippen LogP) is 1.70. The van der Waals surface area contributed by atoms with Crippen LogP contribution in [0.5, 0.6) is 0 Å². The Balaban J connectivity index is 1.55. The average Bonchev–Trinajstić information content (AvgIpc) is 3.30. The Labute approximate surface area is 194 Å². The molecule has 10 nitrogen and oxygen atoms in total. The van der Waals surface area contributed by atoms with E-state index in [1.54, 1.807) is 23.6 Å². The van der Waals surface area contributed by atoms with Gasteiger partial charge in [0.2, 0.25) is 10.0 Å². The van der Waals surface area contributed by atoms with Gasteiger partial charge in [-0.15, -0.1) is 0 Å². The number of sulfonamides is 1. The molecule has 4 N–H and O–H groups in total. The average molecular weight is 471 g/mol. The van der Waals surface area contributed by atoms with Crippen molar-refractivity contribution in [1.82, 2.24) is 29.6 Å². The Bertz CT molecular complexity index is 1210. The fraction of sp³-hybridized carbons (Fsp3) is 0.409. The summed E-state index contributed by atoms with van der Waals surface area (Å²) in [6, 6.07) is 8.07. The number of imidazole rings is 1. The van der Waals surface area contributed by atoms with Crippen molar-refractivity contribution in [3.63, 3.8) is 0 Å². The Kier molecular flexibility index (Phi) is 6.63. The molecule has 11 heteroatoms. The molecular formula is C22H30N8O2S. The number of nitrogens with zero attached hydrogens (tertiary/aromatic N) is 5. The summed E-state index contributed by atoms with van der Waals surface area (Å²) in [6.07, 6.45) is 3.38. The first-order valence-electron chi connectivity index (χ1n) is 11.0. The number of aromatic amines is 1. The minimum atomic E-state index is -3.23. The van der Waals surface area contributed by atoms with E-state index in [1.165, 1.54) is 5.56 Å². The number of hydrogen-bond acceptors (Lipinski definition) is 8. The molecule has 33 heavy (non-hydrogen) atoms. The van der Waals surface area contributed by atoms with Crippen LogP contribution in [0.15, 0.2) is 36.7 Å². The van der Waals surface area contributed by atoms with Gasteiger partial charge in [-0.25, -0.2) is 23.4 Å². The van der Waals surface area contributed by atoms with Gasteiger partial charge in [-0.3, -0.25) is 0 Å². The first-order valence-corrected chi connectivity index (χ1v) is 12.6. The molecule has 0 radical (unpaired) electrons. The number of H-pyrrole nitrogens is 1. The largest absolute Gasteiger partial charge is 0.382 e. The van der Waals surface area contributed by atoms with Gasteiger partial charge in [-0.1, -0.05) is 24.3 Å². The van der Waals surface area contributed by atoms with E-state index < -0.39 is 10.0 Å². The zero-order chi connectivity index (χ0) is 23.6. The molecule has 0 aliphatic carbocycles. The van der Waals surface area contributed by atoms with E-state index >= 15 is 0 Å². The van der Waals surface area contributed by atoms with Crippen molar-refractivity contribution in [2.75, 3.05) is 43.1 Å². The van der Waals surface area contributed by atoms with Gasteiger partial charge in [-0.05, 0) is 32.0 Å². The maximum absolute atomic E-state index is 12.3. The second-order valence-corrected chi connectivity index (χ2v) is 10.4. The zero-order valence-electron chi connectivity index (χ0n) is 19.1. The molecule has 1 atom stereocenters. The SMILES string of the molecule is CCS(=O)(=O)N1CCN(c2cnc(N)c(-c3ncc(-c4ccc(CNC)cc4)[nH]3)n2)C[C@@H]1C. The first kappa shape index (κ1) is 23.1. The third-order valence-electron chi connectivity index (χ3n) is 5.85. The van der Waals surface area contributed by atoms with Crippen molar-refractivity contribution >= 4 is 21.7 Å². The minimum absolute atomic E-state index is 0.0994. The minimum Gasteiger partial charge on any atom is -0.382 e. The highest BCUT2D eigenvalue weighted by Crippen LogP contribution is 2.27. The molecule has 0 saturated carbocycles. The fourth-order valence-electron chi connectivity index (χ4n) is 4.04. The summed E-state index contributed by atoms with van der Waals surface area (Å²) in [4.78, 5) is 18.9. The van der Waals surface area contributed by atoms with Crippen LogP contribution >= 0.6 is 0 Å². The van der Waals surface area contributed by atoms with Gasteiger partial charge in [0.1, 0.15) is 5.82 Å². The third kappa shape index (κ3) is 4.85. The van der Waals surface area contributed by atoms with Crippen LogP contribution < -0.4 is 16.0 Å². The van der Waals surface area contributed by atoms with Gasteiger partial charge in [0.05, 0.1) is 23.8 Å². The predicted molar refractivity (Wildman–Crippen MR) is 130 cm³/mol. The molecule has 176 valence electrons. The quantitative estimate of drug-likeness (QED) is 0.475. The number of benzene rings is 1. The van der Waals surface area contributed by atoms with Gasteiger partial charge in [0.15, 0.2) is 17.3 Å². The highest BCUT2D eigenvalue weighted by molar-refractivity contribution is 7.89. The van der Waals surface area contributed by atoms with E-state index in [1.807, 2.05) is 31.0 Å². The van der Waals surface area contributed by atoms with Crippen LogP contribution in [0.3, 0.4) is 0 Å². The summed E-state index contributed by atoms with van der Waals surface area (Å²) in [5.74, 6) is 1.57. The molecule has 3 aromatic rings. The number of piperazine rings is 1. The second-order valence-electron chi connectivity index (χ2n) is 8.14. The standard InChI is InChI=1S/C22H30N8O2S/c1-4-33(31,32)30-10-9-29(14-15(30)2)19-13-25-21(23)20(28-19)22-26-12-18(27-22)17-7-5-16(6-8-17)11-24-3/h5-8,12-13,15,24H,4,9-11,14H2,1-3H3,(H2,23,25)(H,26,27)/t15-/m0/s1. The van der Waals surface area contributed by atoms with Gasteiger partial charge < -0.3 is 20.9 Å². The molecule has 2 aromatic heterocycles. The monoisotopic (exact) mass is 470 g/mol. The van der Waals surface area contributed by atoms with E-state index in [0.717, 1.165) is 17.8 Å². The molecule has 0 bridgehead atoms.